The Morgan fingerprint density at radius 2 is 1.69 bits per heavy atom. The van der Waals surface area contributed by atoms with Crippen molar-refractivity contribution in [2.45, 2.75) is 13.5 Å². The van der Waals surface area contributed by atoms with E-state index in [1.54, 1.807) is 17.3 Å². The van der Waals surface area contributed by atoms with Crippen molar-refractivity contribution < 1.29 is 4.79 Å². The number of fused-ring (bicyclic) bond motifs is 1. The lowest BCUT2D eigenvalue weighted by atomic mass is 10.0. The molecular formula is C27H21N3OS. The van der Waals surface area contributed by atoms with Gasteiger partial charge in [0.1, 0.15) is 0 Å². The zero-order valence-corrected chi connectivity index (χ0v) is 18.4. The van der Waals surface area contributed by atoms with Crippen LogP contribution in [0.2, 0.25) is 0 Å². The number of nitrogens with zero attached hydrogens (tertiary/aromatic N) is 3. The average Bonchev–Trinajstić information content (AvgIpc) is 3.26. The van der Waals surface area contributed by atoms with Gasteiger partial charge < -0.3 is 0 Å². The zero-order chi connectivity index (χ0) is 21.9. The molecule has 32 heavy (non-hydrogen) atoms. The van der Waals surface area contributed by atoms with Gasteiger partial charge in [0, 0.05) is 18.0 Å². The second-order valence-electron chi connectivity index (χ2n) is 7.66. The summed E-state index contributed by atoms with van der Waals surface area (Å²) in [5, 5.41) is 0.687. The summed E-state index contributed by atoms with van der Waals surface area (Å²) in [6, 6.07) is 27.9. The second-order valence-corrected chi connectivity index (χ2v) is 8.67. The minimum atomic E-state index is -0.0794. The van der Waals surface area contributed by atoms with Crippen molar-refractivity contribution in [3.05, 3.63) is 114 Å². The van der Waals surface area contributed by atoms with Gasteiger partial charge in [0.05, 0.1) is 16.8 Å². The van der Waals surface area contributed by atoms with Crippen molar-refractivity contribution in [1.82, 2.24) is 9.97 Å². The third-order valence-corrected chi connectivity index (χ3v) is 6.35. The van der Waals surface area contributed by atoms with Crippen LogP contribution in [0, 0.1) is 6.92 Å². The number of carbonyl (C=O) groups is 1. The molecule has 0 saturated carbocycles. The maximum atomic E-state index is 13.6. The summed E-state index contributed by atoms with van der Waals surface area (Å²) in [6.07, 6.45) is 3.52. The molecule has 0 aliphatic heterocycles. The molecule has 1 amide bonds. The molecule has 5 rings (SSSR count). The molecular weight excluding hydrogens is 414 g/mol. The van der Waals surface area contributed by atoms with Crippen molar-refractivity contribution in [3.63, 3.8) is 0 Å². The highest BCUT2D eigenvalue weighted by Crippen LogP contribution is 2.31. The lowest BCUT2D eigenvalue weighted by Crippen LogP contribution is -2.30. The number of carbonyl (C=O) groups excluding carboxylic acids is 1. The maximum Gasteiger partial charge on any atom is 0.260 e. The Hall–Kier alpha value is -3.83. The van der Waals surface area contributed by atoms with Crippen LogP contribution in [0.3, 0.4) is 0 Å². The number of amides is 1. The van der Waals surface area contributed by atoms with Crippen LogP contribution in [-0.2, 0) is 6.54 Å². The third kappa shape index (κ3) is 4.15. The van der Waals surface area contributed by atoms with E-state index in [4.69, 9.17) is 4.98 Å². The standard InChI is InChI=1S/C27H21N3OS/c1-19-9-14-24-25(16-19)32-27(29-24)30(18-20-6-5-15-28-17-20)26(31)23-12-10-22(11-13-23)21-7-3-2-4-8-21/h2-17H,18H2,1H3. The van der Waals surface area contributed by atoms with Gasteiger partial charge in [-0.05, 0) is 59.5 Å². The van der Waals surface area contributed by atoms with E-state index in [1.807, 2.05) is 66.7 Å². The molecule has 0 unspecified atom stereocenters. The highest BCUT2D eigenvalue weighted by atomic mass is 32.1. The van der Waals surface area contributed by atoms with Crippen LogP contribution in [0.5, 0.6) is 0 Å². The molecule has 3 aromatic carbocycles. The summed E-state index contributed by atoms with van der Waals surface area (Å²) in [4.78, 5) is 24.3. The Morgan fingerprint density at radius 1 is 0.906 bits per heavy atom. The van der Waals surface area contributed by atoms with Crippen LogP contribution in [0.4, 0.5) is 5.13 Å². The zero-order valence-electron chi connectivity index (χ0n) is 17.6. The molecule has 156 valence electrons. The van der Waals surface area contributed by atoms with Crippen LogP contribution in [0.15, 0.2) is 97.3 Å². The topological polar surface area (TPSA) is 46.1 Å². The molecule has 5 heteroatoms. The molecule has 0 radical (unpaired) electrons. The summed E-state index contributed by atoms with van der Waals surface area (Å²) in [7, 11) is 0. The van der Waals surface area contributed by atoms with E-state index in [1.165, 1.54) is 16.9 Å². The van der Waals surface area contributed by atoms with Gasteiger partial charge in [-0.1, -0.05) is 65.9 Å². The summed E-state index contributed by atoms with van der Waals surface area (Å²) < 4.78 is 1.07. The number of anilines is 1. The molecule has 0 saturated heterocycles. The van der Waals surface area contributed by atoms with Crippen molar-refractivity contribution in [3.8, 4) is 11.1 Å². The Labute approximate surface area is 190 Å². The van der Waals surface area contributed by atoms with E-state index in [9.17, 15) is 4.79 Å². The minimum absolute atomic E-state index is 0.0794. The molecule has 0 atom stereocenters. The predicted molar refractivity (Wildman–Crippen MR) is 131 cm³/mol. The summed E-state index contributed by atoms with van der Waals surface area (Å²) in [5.74, 6) is -0.0794. The molecule has 0 bridgehead atoms. The number of rotatable bonds is 5. The van der Waals surface area contributed by atoms with Crippen molar-refractivity contribution in [2.24, 2.45) is 0 Å². The number of pyridine rings is 1. The molecule has 0 aliphatic rings. The highest BCUT2D eigenvalue weighted by Gasteiger charge is 2.22. The van der Waals surface area contributed by atoms with Crippen LogP contribution >= 0.6 is 11.3 Å². The van der Waals surface area contributed by atoms with E-state index in [0.29, 0.717) is 17.2 Å². The van der Waals surface area contributed by atoms with E-state index in [2.05, 4.69) is 30.1 Å². The maximum absolute atomic E-state index is 13.6. The fraction of sp³-hybridized carbons (Fsp3) is 0.0741. The van der Waals surface area contributed by atoms with Gasteiger partial charge in [0.25, 0.3) is 5.91 Å². The first kappa shape index (κ1) is 20.1. The number of hydrogen-bond acceptors (Lipinski definition) is 4. The van der Waals surface area contributed by atoms with E-state index >= 15 is 0 Å². The van der Waals surface area contributed by atoms with Crippen molar-refractivity contribution in [1.29, 1.82) is 0 Å². The van der Waals surface area contributed by atoms with E-state index in [-0.39, 0.29) is 5.91 Å². The quantitative estimate of drug-likeness (QED) is 0.316. The van der Waals surface area contributed by atoms with E-state index < -0.39 is 0 Å². The largest absolute Gasteiger partial charge is 0.279 e. The Balaban J connectivity index is 1.51. The van der Waals surface area contributed by atoms with E-state index in [0.717, 1.165) is 26.9 Å². The SMILES string of the molecule is Cc1ccc2nc(N(Cc3cccnc3)C(=O)c3ccc(-c4ccccc4)cc3)sc2c1. The van der Waals surface area contributed by atoms with Crippen molar-refractivity contribution in [2.75, 3.05) is 4.90 Å². The predicted octanol–water partition coefficient (Wildman–Crippen LogP) is 6.51. The molecule has 0 N–H and O–H groups in total. The highest BCUT2D eigenvalue weighted by molar-refractivity contribution is 7.22. The fourth-order valence-corrected chi connectivity index (χ4v) is 4.69. The molecule has 5 aromatic rings. The van der Waals surface area contributed by atoms with Gasteiger partial charge in [-0.3, -0.25) is 14.7 Å². The van der Waals surface area contributed by atoms with Gasteiger partial charge in [0.2, 0.25) is 0 Å². The number of aromatic nitrogens is 2. The lowest BCUT2D eigenvalue weighted by molar-refractivity contribution is 0.0985. The van der Waals surface area contributed by atoms with Gasteiger partial charge in [0.15, 0.2) is 5.13 Å². The van der Waals surface area contributed by atoms with Gasteiger partial charge >= 0.3 is 0 Å². The lowest BCUT2D eigenvalue weighted by Gasteiger charge is -2.20. The van der Waals surface area contributed by atoms with Crippen LogP contribution in [0.25, 0.3) is 21.3 Å². The molecule has 4 nitrogen and oxygen atoms in total. The molecule has 2 aromatic heterocycles. The smallest absolute Gasteiger partial charge is 0.260 e. The molecule has 0 fully saturated rings. The Kier molecular flexibility index (Phi) is 5.48. The van der Waals surface area contributed by atoms with Gasteiger partial charge in [-0.15, -0.1) is 0 Å². The van der Waals surface area contributed by atoms with Crippen LogP contribution in [0.1, 0.15) is 21.5 Å². The second kappa shape index (κ2) is 8.73. The Bertz CT molecular complexity index is 1360. The Morgan fingerprint density at radius 3 is 2.44 bits per heavy atom. The monoisotopic (exact) mass is 435 g/mol. The third-order valence-electron chi connectivity index (χ3n) is 5.31. The van der Waals surface area contributed by atoms with Crippen molar-refractivity contribution >= 4 is 32.6 Å². The van der Waals surface area contributed by atoms with Gasteiger partial charge in [-0.25, -0.2) is 4.98 Å². The fourth-order valence-electron chi connectivity index (χ4n) is 3.63. The van der Waals surface area contributed by atoms with Gasteiger partial charge in [-0.2, -0.15) is 0 Å². The first-order valence-electron chi connectivity index (χ1n) is 10.4. The normalized spacial score (nSPS) is 10.9. The average molecular weight is 436 g/mol. The first-order chi connectivity index (χ1) is 15.7. The number of thiazole rings is 1. The summed E-state index contributed by atoms with van der Waals surface area (Å²) in [6.45, 7) is 2.47. The first-order valence-corrected chi connectivity index (χ1v) is 11.2. The number of hydrogen-bond donors (Lipinski definition) is 0. The molecule has 2 heterocycles. The molecule has 0 aliphatic carbocycles. The van der Waals surface area contributed by atoms with Crippen LogP contribution in [-0.4, -0.2) is 15.9 Å². The summed E-state index contributed by atoms with van der Waals surface area (Å²) in [5.41, 5.74) is 5.87. The number of aryl methyl sites for hydroxylation is 1. The number of benzene rings is 3. The minimum Gasteiger partial charge on any atom is -0.279 e. The molecule has 0 spiro atoms. The van der Waals surface area contributed by atoms with Crippen LogP contribution < -0.4 is 4.90 Å². The summed E-state index contributed by atoms with van der Waals surface area (Å²) >= 11 is 1.54.